The van der Waals surface area contributed by atoms with Crippen LogP contribution in [0.25, 0.3) is 6.08 Å². The van der Waals surface area contributed by atoms with Gasteiger partial charge in [0, 0.05) is 11.8 Å². The molecule has 0 atom stereocenters. The van der Waals surface area contributed by atoms with E-state index in [0.29, 0.717) is 41.7 Å². The molecule has 1 saturated carbocycles. The van der Waals surface area contributed by atoms with E-state index in [0.717, 1.165) is 25.7 Å². The number of esters is 1. The summed E-state index contributed by atoms with van der Waals surface area (Å²) in [5.41, 5.74) is 1.11. The zero-order chi connectivity index (χ0) is 22.3. The fourth-order valence-electron chi connectivity index (χ4n) is 3.80. The number of carbonyl (C=O) groups excluding carboxylic acids is 2. The van der Waals surface area contributed by atoms with Gasteiger partial charge >= 0.3 is 5.97 Å². The van der Waals surface area contributed by atoms with Gasteiger partial charge in [0.15, 0.2) is 11.5 Å². The van der Waals surface area contributed by atoms with Crippen LogP contribution in [0.1, 0.15) is 37.7 Å². The van der Waals surface area contributed by atoms with E-state index in [-0.39, 0.29) is 17.5 Å². The van der Waals surface area contributed by atoms with Crippen LogP contribution in [0.15, 0.2) is 48.0 Å². The van der Waals surface area contributed by atoms with E-state index in [9.17, 15) is 14.9 Å². The molecule has 2 aliphatic rings. The third kappa shape index (κ3) is 5.27. The predicted octanol–water partition coefficient (Wildman–Crippen LogP) is 4.49. The summed E-state index contributed by atoms with van der Waals surface area (Å²) in [5.74, 6) is 0.876. The Hall–Kier alpha value is -3.79. The molecule has 0 unspecified atom stereocenters. The van der Waals surface area contributed by atoms with Gasteiger partial charge in [-0.1, -0.05) is 31.4 Å². The summed E-state index contributed by atoms with van der Waals surface area (Å²) in [5, 5.41) is 12.2. The summed E-state index contributed by atoms with van der Waals surface area (Å²) in [6.07, 6.45) is 6.55. The van der Waals surface area contributed by atoms with E-state index in [4.69, 9.17) is 14.2 Å². The number of rotatable bonds is 5. The smallest absolute Gasteiger partial charge is 0.314 e. The molecule has 0 saturated heterocycles. The summed E-state index contributed by atoms with van der Waals surface area (Å²) in [6, 6.07) is 13.7. The standard InChI is InChI=1S/C25H24N2O5/c26-16-19(24(28)27-20-8-11-22-23(15-20)31-13-12-30-22)14-17-6-9-21(10-7-17)32-25(29)18-4-2-1-3-5-18/h6-11,14-15,18H,1-5,12-13H2,(H,27,28)/b19-14+. The Kier molecular flexibility index (Phi) is 6.71. The first-order valence-electron chi connectivity index (χ1n) is 10.8. The third-order valence-electron chi connectivity index (χ3n) is 5.51. The van der Waals surface area contributed by atoms with Crippen molar-refractivity contribution in [2.24, 2.45) is 5.92 Å². The van der Waals surface area contributed by atoms with Gasteiger partial charge in [0.2, 0.25) is 0 Å². The van der Waals surface area contributed by atoms with Crippen LogP contribution in [0.3, 0.4) is 0 Å². The molecule has 7 heteroatoms. The lowest BCUT2D eigenvalue weighted by Gasteiger charge is -2.19. The first-order chi connectivity index (χ1) is 15.6. The number of benzene rings is 2. The number of anilines is 1. The summed E-state index contributed by atoms with van der Waals surface area (Å²) in [4.78, 5) is 24.8. The molecular formula is C25H24N2O5. The second-order valence-corrected chi connectivity index (χ2v) is 7.81. The SMILES string of the molecule is N#C/C(=C\c1ccc(OC(=O)C2CCCCC2)cc1)C(=O)Nc1ccc2c(c1)OCCO2. The molecule has 2 aromatic rings. The lowest BCUT2D eigenvalue weighted by molar-refractivity contribution is -0.140. The molecule has 164 valence electrons. The molecule has 1 aliphatic carbocycles. The number of carbonyl (C=O) groups is 2. The number of nitrogens with zero attached hydrogens (tertiary/aromatic N) is 1. The zero-order valence-electron chi connectivity index (χ0n) is 17.6. The molecule has 1 N–H and O–H groups in total. The highest BCUT2D eigenvalue weighted by Crippen LogP contribution is 2.32. The Bertz CT molecular complexity index is 1060. The van der Waals surface area contributed by atoms with Crippen molar-refractivity contribution in [1.82, 2.24) is 0 Å². The number of amides is 1. The largest absolute Gasteiger partial charge is 0.486 e. The molecule has 1 fully saturated rings. The molecule has 0 spiro atoms. The number of nitriles is 1. The van der Waals surface area contributed by atoms with Crippen LogP contribution in [-0.2, 0) is 9.59 Å². The van der Waals surface area contributed by atoms with Gasteiger partial charge in [0.05, 0.1) is 5.92 Å². The van der Waals surface area contributed by atoms with Crippen molar-refractivity contribution in [2.75, 3.05) is 18.5 Å². The van der Waals surface area contributed by atoms with Gasteiger partial charge in [0.1, 0.15) is 30.6 Å². The average Bonchev–Trinajstić information content (AvgIpc) is 2.84. The zero-order valence-corrected chi connectivity index (χ0v) is 17.6. The lowest BCUT2D eigenvalue weighted by atomic mass is 9.89. The number of hydrogen-bond acceptors (Lipinski definition) is 6. The predicted molar refractivity (Wildman–Crippen MR) is 118 cm³/mol. The highest BCUT2D eigenvalue weighted by molar-refractivity contribution is 6.09. The van der Waals surface area contributed by atoms with Crippen molar-refractivity contribution in [3.05, 3.63) is 53.6 Å². The van der Waals surface area contributed by atoms with Gasteiger partial charge < -0.3 is 19.5 Å². The van der Waals surface area contributed by atoms with Crippen LogP contribution >= 0.6 is 0 Å². The molecule has 32 heavy (non-hydrogen) atoms. The normalized spacial score (nSPS) is 16.0. The molecule has 0 radical (unpaired) electrons. The molecule has 1 aliphatic heterocycles. The van der Waals surface area contributed by atoms with Crippen molar-refractivity contribution in [1.29, 1.82) is 5.26 Å². The van der Waals surface area contributed by atoms with Gasteiger partial charge in [0.25, 0.3) is 5.91 Å². The first-order valence-corrected chi connectivity index (χ1v) is 10.8. The number of nitrogens with one attached hydrogen (secondary N) is 1. The maximum absolute atomic E-state index is 12.6. The molecule has 0 bridgehead atoms. The van der Waals surface area contributed by atoms with Gasteiger partial charge in [-0.2, -0.15) is 5.26 Å². The van der Waals surface area contributed by atoms with Crippen LogP contribution in [0.2, 0.25) is 0 Å². The Labute approximate surface area is 186 Å². The van der Waals surface area contributed by atoms with E-state index in [1.165, 1.54) is 12.5 Å². The summed E-state index contributed by atoms with van der Waals surface area (Å²) < 4.78 is 16.5. The Morgan fingerprint density at radius 2 is 1.72 bits per heavy atom. The second-order valence-electron chi connectivity index (χ2n) is 7.81. The van der Waals surface area contributed by atoms with Crippen LogP contribution < -0.4 is 19.5 Å². The number of hydrogen-bond donors (Lipinski definition) is 1. The van der Waals surface area contributed by atoms with E-state index < -0.39 is 5.91 Å². The van der Waals surface area contributed by atoms with Crippen molar-refractivity contribution in [3.63, 3.8) is 0 Å². The quantitative estimate of drug-likeness (QED) is 0.324. The van der Waals surface area contributed by atoms with Crippen LogP contribution in [0, 0.1) is 17.2 Å². The first kappa shape index (κ1) is 21.4. The van der Waals surface area contributed by atoms with Crippen molar-refractivity contribution < 1.29 is 23.8 Å². The van der Waals surface area contributed by atoms with Crippen LogP contribution in [0.5, 0.6) is 17.2 Å². The van der Waals surface area contributed by atoms with E-state index in [1.54, 1.807) is 42.5 Å². The molecule has 2 aromatic carbocycles. The highest BCUT2D eigenvalue weighted by Gasteiger charge is 2.23. The molecule has 1 amide bonds. The van der Waals surface area contributed by atoms with Gasteiger partial charge in [-0.15, -0.1) is 0 Å². The average molecular weight is 432 g/mol. The Balaban J connectivity index is 1.39. The summed E-state index contributed by atoms with van der Waals surface area (Å²) >= 11 is 0. The van der Waals surface area contributed by atoms with E-state index >= 15 is 0 Å². The fourth-order valence-corrected chi connectivity index (χ4v) is 3.80. The Morgan fingerprint density at radius 1 is 1.00 bits per heavy atom. The minimum Gasteiger partial charge on any atom is -0.486 e. The topological polar surface area (TPSA) is 97.7 Å². The van der Waals surface area contributed by atoms with E-state index in [1.807, 2.05) is 6.07 Å². The molecular weight excluding hydrogens is 408 g/mol. The maximum Gasteiger partial charge on any atom is 0.314 e. The van der Waals surface area contributed by atoms with Crippen molar-refractivity contribution >= 4 is 23.6 Å². The minimum absolute atomic E-state index is 0.0298. The number of ether oxygens (including phenoxy) is 3. The third-order valence-corrected chi connectivity index (χ3v) is 5.51. The highest BCUT2D eigenvalue weighted by atomic mass is 16.6. The molecule has 4 rings (SSSR count). The Morgan fingerprint density at radius 3 is 2.44 bits per heavy atom. The summed E-state index contributed by atoms with van der Waals surface area (Å²) in [7, 11) is 0. The van der Waals surface area contributed by atoms with E-state index in [2.05, 4.69) is 5.32 Å². The fraction of sp³-hybridized carbons (Fsp3) is 0.320. The monoisotopic (exact) mass is 432 g/mol. The van der Waals surface area contributed by atoms with Gasteiger partial charge in [-0.3, -0.25) is 9.59 Å². The molecule has 0 aromatic heterocycles. The molecule has 7 nitrogen and oxygen atoms in total. The second kappa shape index (κ2) is 10.0. The van der Waals surface area contributed by atoms with Crippen LogP contribution in [0.4, 0.5) is 5.69 Å². The lowest BCUT2D eigenvalue weighted by Crippen LogP contribution is -2.22. The number of fused-ring (bicyclic) bond motifs is 1. The van der Waals surface area contributed by atoms with Crippen LogP contribution in [-0.4, -0.2) is 25.1 Å². The van der Waals surface area contributed by atoms with Crippen molar-refractivity contribution in [2.45, 2.75) is 32.1 Å². The maximum atomic E-state index is 12.6. The van der Waals surface area contributed by atoms with Crippen molar-refractivity contribution in [3.8, 4) is 23.3 Å². The molecule has 1 heterocycles. The minimum atomic E-state index is -0.531. The van der Waals surface area contributed by atoms with Gasteiger partial charge in [-0.05, 0) is 48.7 Å². The van der Waals surface area contributed by atoms with Gasteiger partial charge in [-0.25, -0.2) is 0 Å². The summed E-state index contributed by atoms with van der Waals surface area (Å²) in [6.45, 7) is 0.929.